The van der Waals surface area contributed by atoms with E-state index in [1.807, 2.05) is 29.6 Å². The second-order valence-corrected chi connectivity index (χ2v) is 8.65. The Bertz CT molecular complexity index is 1230. The molecule has 0 saturated carbocycles. The number of anilines is 2. The summed E-state index contributed by atoms with van der Waals surface area (Å²) in [4.78, 5) is 25.9. The van der Waals surface area contributed by atoms with Gasteiger partial charge in [0.2, 0.25) is 6.17 Å². The van der Waals surface area contributed by atoms with Gasteiger partial charge in [-0.3, -0.25) is 9.59 Å². The second kappa shape index (κ2) is 8.25. The van der Waals surface area contributed by atoms with E-state index in [2.05, 4.69) is 10.6 Å². The van der Waals surface area contributed by atoms with Crippen LogP contribution < -0.4 is 16.4 Å². The number of fused-ring (bicyclic) bond motifs is 1. The van der Waals surface area contributed by atoms with E-state index in [1.54, 1.807) is 41.7 Å². The normalized spacial score (nSPS) is 11.9. The Morgan fingerprint density at radius 3 is 2.67 bits per heavy atom. The third-order valence-corrected chi connectivity index (χ3v) is 6.66. The van der Waals surface area contributed by atoms with Gasteiger partial charge in [0.25, 0.3) is 11.8 Å². The number of hydrogen-bond donors (Lipinski definition) is 3. The number of nitrogens with one attached hydrogen (secondary N) is 2. The molecule has 0 aliphatic carbocycles. The Labute approximate surface area is 180 Å². The van der Waals surface area contributed by atoms with E-state index in [0.29, 0.717) is 16.3 Å². The van der Waals surface area contributed by atoms with Gasteiger partial charge in [-0.15, -0.1) is 22.7 Å². The number of nitrogen functional groups attached to an aromatic ring is 1. The molecule has 152 valence electrons. The average molecular weight is 440 g/mol. The molecule has 30 heavy (non-hydrogen) atoms. The number of amides is 2. The lowest BCUT2D eigenvalue weighted by Crippen LogP contribution is -2.22. The maximum atomic E-state index is 14.2. The number of benzene rings is 2. The molecule has 1 unspecified atom stereocenters. The molecule has 0 saturated heterocycles. The van der Waals surface area contributed by atoms with Gasteiger partial charge in [-0.1, -0.05) is 24.3 Å². The van der Waals surface area contributed by atoms with Crippen molar-refractivity contribution >= 4 is 55.9 Å². The molecule has 2 aromatic heterocycles. The lowest BCUT2D eigenvalue weighted by atomic mass is 10.1. The minimum atomic E-state index is -1.75. The highest BCUT2D eigenvalue weighted by atomic mass is 32.1. The Balaban J connectivity index is 1.59. The monoisotopic (exact) mass is 439 g/mol. The first-order valence-electron chi connectivity index (χ1n) is 9.10. The summed E-state index contributed by atoms with van der Waals surface area (Å²) in [5.74, 6) is -0.999. The van der Waals surface area contributed by atoms with Crippen molar-refractivity contribution in [3.8, 4) is 10.4 Å². The van der Waals surface area contributed by atoms with E-state index in [9.17, 15) is 14.0 Å². The van der Waals surface area contributed by atoms with E-state index in [0.717, 1.165) is 20.5 Å². The lowest BCUT2D eigenvalue weighted by molar-refractivity contribution is -0.125. The molecule has 8 heteroatoms. The van der Waals surface area contributed by atoms with E-state index in [-0.39, 0.29) is 11.5 Å². The molecule has 4 rings (SSSR count). The number of halogens is 1. The van der Waals surface area contributed by atoms with Crippen molar-refractivity contribution in [2.45, 2.75) is 6.17 Å². The lowest BCUT2D eigenvalue weighted by Gasteiger charge is -2.09. The van der Waals surface area contributed by atoms with Crippen LogP contribution in [0.2, 0.25) is 0 Å². The van der Waals surface area contributed by atoms with Crippen molar-refractivity contribution in [2.24, 2.45) is 0 Å². The predicted octanol–water partition coefficient (Wildman–Crippen LogP) is 5.22. The largest absolute Gasteiger partial charge is 0.397 e. The summed E-state index contributed by atoms with van der Waals surface area (Å²) in [5.41, 5.74) is 8.28. The number of alkyl halides is 1. The zero-order valence-corrected chi connectivity index (χ0v) is 17.6. The molecule has 1 atom stereocenters. The molecule has 2 amide bonds. The minimum Gasteiger partial charge on any atom is -0.397 e. The van der Waals surface area contributed by atoms with Crippen LogP contribution in [0.4, 0.5) is 15.8 Å². The number of hydrogen-bond acceptors (Lipinski definition) is 5. The van der Waals surface area contributed by atoms with Crippen LogP contribution >= 0.6 is 22.7 Å². The Morgan fingerprint density at radius 1 is 1.10 bits per heavy atom. The summed E-state index contributed by atoms with van der Waals surface area (Å²) >= 11 is 2.84. The second-order valence-electron chi connectivity index (χ2n) is 6.62. The van der Waals surface area contributed by atoms with Crippen LogP contribution in [0.25, 0.3) is 20.5 Å². The van der Waals surface area contributed by atoms with Crippen LogP contribution in [0.5, 0.6) is 0 Å². The molecule has 2 aromatic carbocycles. The molecule has 2 heterocycles. The Morgan fingerprint density at radius 2 is 1.93 bits per heavy atom. The molecular formula is C22H18FN3O2S2. The topological polar surface area (TPSA) is 84.2 Å². The molecule has 0 fully saturated rings. The molecule has 0 bridgehead atoms. The van der Waals surface area contributed by atoms with Gasteiger partial charge in [-0.2, -0.15) is 0 Å². The SMILES string of the molecule is CNC(=O)C(F)c1ccc2cc(C(=O)Nc3cc(-c4cccs4)ccc3N)sc2c1. The maximum Gasteiger partial charge on any atom is 0.265 e. The third kappa shape index (κ3) is 3.92. The molecule has 5 nitrogen and oxygen atoms in total. The van der Waals surface area contributed by atoms with E-state index in [4.69, 9.17) is 5.73 Å². The minimum absolute atomic E-state index is 0.253. The first-order valence-corrected chi connectivity index (χ1v) is 10.8. The fourth-order valence-electron chi connectivity index (χ4n) is 3.04. The summed E-state index contributed by atoms with van der Waals surface area (Å²) in [6, 6.07) is 16.1. The Kier molecular flexibility index (Phi) is 5.52. The number of carbonyl (C=O) groups excluding carboxylic acids is 2. The highest BCUT2D eigenvalue weighted by Gasteiger charge is 2.19. The van der Waals surface area contributed by atoms with Gasteiger partial charge in [-0.05, 0) is 52.2 Å². The van der Waals surface area contributed by atoms with Crippen molar-refractivity contribution in [3.05, 3.63) is 70.4 Å². The van der Waals surface area contributed by atoms with Crippen LogP contribution in [0.15, 0.2) is 60.0 Å². The van der Waals surface area contributed by atoms with Crippen molar-refractivity contribution in [2.75, 3.05) is 18.1 Å². The van der Waals surface area contributed by atoms with E-state index < -0.39 is 12.1 Å². The van der Waals surface area contributed by atoms with Crippen LogP contribution in [0.1, 0.15) is 21.4 Å². The zero-order valence-electron chi connectivity index (χ0n) is 15.9. The van der Waals surface area contributed by atoms with Crippen LogP contribution in [-0.2, 0) is 4.79 Å². The number of thiophene rings is 2. The third-order valence-electron chi connectivity index (χ3n) is 4.64. The van der Waals surface area contributed by atoms with E-state index in [1.165, 1.54) is 18.4 Å². The highest BCUT2D eigenvalue weighted by Crippen LogP contribution is 2.33. The van der Waals surface area contributed by atoms with Crippen LogP contribution in [-0.4, -0.2) is 18.9 Å². The molecule has 0 aliphatic heterocycles. The molecule has 4 aromatic rings. The van der Waals surface area contributed by atoms with Crippen LogP contribution in [0, 0.1) is 0 Å². The number of carbonyl (C=O) groups is 2. The van der Waals surface area contributed by atoms with Gasteiger partial charge in [0.05, 0.1) is 16.3 Å². The molecular weight excluding hydrogens is 421 g/mol. The standard InChI is InChI=1S/C22H18FN3O2S2/c1-25-22(28)20(23)14-5-4-13-10-19(30-18(13)11-14)21(27)26-16-9-12(6-7-15(16)24)17-3-2-8-29-17/h2-11,20H,24H2,1H3,(H,25,28)(H,26,27). The van der Waals surface area contributed by atoms with Gasteiger partial charge < -0.3 is 16.4 Å². The summed E-state index contributed by atoms with van der Waals surface area (Å²) < 4.78 is 14.9. The zero-order chi connectivity index (χ0) is 21.3. The molecule has 0 aliphatic rings. The van der Waals surface area contributed by atoms with Gasteiger partial charge in [-0.25, -0.2) is 4.39 Å². The number of likely N-dealkylation sites (N-methyl/N-ethyl adjacent to an activating group) is 1. The van der Waals surface area contributed by atoms with Crippen molar-refractivity contribution in [3.63, 3.8) is 0 Å². The number of nitrogens with two attached hydrogens (primary N) is 1. The summed E-state index contributed by atoms with van der Waals surface area (Å²) in [6.07, 6.45) is -1.75. The van der Waals surface area contributed by atoms with Gasteiger partial charge in [0, 0.05) is 16.6 Å². The molecule has 4 N–H and O–H groups in total. The fourth-order valence-corrected chi connectivity index (χ4v) is 4.77. The van der Waals surface area contributed by atoms with Gasteiger partial charge in [0.15, 0.2) is 0 Å². The highest BCUT2D eigenvalue weighted by molar-refractivity contribution is 7.21. The molecule has 0 radical (unpaired) electrons. The Hall–Kier alpha value is -3.23. The van der Waals surface area contributed by atoms with E-state index >= 15 is 0 Å². The maximum absolute atomic E-state index is 14.2. The number of rotatable bonds is 5. The summed E-state index contributed by atoms with van der Waals surface area (Å²) in [6.45, 7) is 0. The van der Waals surface area contributed by atoms with Gasteiger partial charge in [0.1, 0.15) is 0 Å². The summed E-state index contributed by atoms with van der Waals surface area (Å²) in [7, 11) is 1.39. The van der Waals surface area contributed by atoms with Gasteiger partial charge >= 0.3 is 0 Å². The smallest absolute Gasteiger partial charge is 0.265 e. The predicted molar refractivity (Wildman–Crippen MR) is 122 cm³/mol. The van der Waals surface area contributed by atoms with Crippen molar-refractivity contribution in [1.29, 1.82) is 0 Å². The quantitative estimate of drug-likeness (QED) is 0.373. The summed E-state index contributed by atoms with van der Waals surface area (Å²) in [5, 5.41) is 7.96. The van der Waals surface area contributed by atoms with Crippen molar-refractivity contribution < 1.29 is 14.0 Å². The van der Waals surface area contributed by atoms with Crippen LogP contribution in [0.3, 0.4) is 0 Å². The molecule has 0 spiro atoms. The first-order chi connectivity index (χ1) is 14.5. The average Bonchev–Trinajstić information content (AvgIpc) is 3.43. The first kappa shape index (κ1) is 20.1. The van der Waals surface area contributed by atoms with Crippen molar-refractivity contribution in [1.82, 2.24) is 5.32 Å². The fraction of sp³-hybridized carbons (Fsp3) is 0.0909.